The molecule has 2 bridgehead atoms. The van der Waals surface area contributed by atoms with Gasteiger partial charge in [0.2, 0.25) is 0 Å². The number of halogens is 1. The third-order valence-electron chi connectivity index (χ3n) is 6.01. The Kier molecular flexibility index (Phi) is 4.65. The van der Waals surface area contributed by atoms with Gasteiger partial charge in [-0.05, 0) is 5.56 Å². The first-order valence-corrected chi connectivity index (χ1v) is 10.6. The lowest BCUT2D eigenvalue weighted by molar-refractivity contribution is -2.00. The molecule has 3 aromatic heterocycles. The smallest absolute Gasteiger partial charge is 0.190 e. The maximum Gasteiger partial charge on any atom is 0.190 e. The summed E-state index contributed by atoms with van der Waals surface area (Å²) in [5.74, 6) is 0.0973. The molecule has 2 atom stereocenters. The van der Waals surface area contributed by atoms with Crippen LogP contribution < -0.4 is 23.2 Å². The Balaban J connectivity index is 0.000000371. The molecule has 2 aliphatic heterocycles. The number of nitrogens with zero attached hydrogens (tertiary/aromatic N) is 3. The van der Waals surface area contributed by atoms with Gasteiger partial charge in [0.1, 0.15) is 12.5 Å². The number of pyridine rings is 1. The minimum Gasteiger partial charge on any atom is -0.451 e. The molecule has 9 nitrogen and oxygen atoms in total. The van der Waals surface area contributed by atoms with E-state index in [2.05, 4.69) is 63.2 Å². The number of rotatable bonds is 2. The standard InChI is InChI=1S/C21H16N3O2.ClHO4/c1-2-6-15-14(5-1)17-9-21(18-10-25-12-22-18,19-11-26-13-23-19)20(15)16-7-3-4-8-24(16)17;2-1(3,4)5/h1-8,10-13,17,20H,9H2;(H,2,3,4,5)/q+1;/p-1/t17-,20+;/m1./s1. The van der Waals surface area contributed by atoms with Crippen LogP contribution in [0.2, 0.25) is 0 Å². The predicted octanol–water partition coefficient (Wildman–Crippen LogP) is -1.38. The topological polar surface area (TPSA) is 148 Å². The zero-order valence-electron chi connectivity index (χ0n) is 16.0. The second-order valence-corrected chi connectivity index (χ2v) is 8.17. The molecule has 4 aromatic rings. The Labute approximate surface area is 178 Å². The van der Waals surface area contributed by atoms with E-state index in [1.54, 1.807) is 12.5 Å². The lowest BCUT2D eigenvalue weighted by Gasteiger charge is -2.47. The van der Waals surface area contributed by atoms with Gasteiger partial charge in [0.05, 0.1) is 22.7 Å². The SMILES string of the molecule is [O-][Cl+3]([O-])([O-])[O-].c1ccc2c(c1)[C@H]1c3cccc[n+]3[C@@H]2CC1(c1cocn1)c1cocn1. The van der Waals surface area contributed by atoms with Gasteiger partial charge in [0, 0.05) is 24.1 Å². The fourth-order valence-corrected chi connectivity index (χ4v) is 5.04. The van der Waals surface area contributed by atoms with E-state index in [-0.39, 0.29) is 12.0 Å². The minimum absolute atomic E-state index is 0.0973. The van der Waals surface area contributed by atoms with Gasteiger partial charge in [-0.2, -0.15) is 4.57 Å². The monoisotopic (exact) mass is 441 g/mol. The summed E-state index contributed by atoms with van der Waals surface area (Å²) in [6.07, 6.45) is 9.57. The van der Waals surface area contributed by atoms with Crippen LogP contribution in [0.1, 0.15) is 46.6 Å². The van der Waals surface area contributed by atoms with Gasteiger partial charge in [-0.3, -0.25) is 0 Å². The van der Waals surface area contributed by atoms with E-state index >= 15 is 0 Å². The Bertz CT molecular complexity index is 1100. The number of hydrogen-bond donors (Lipinski definition) is 0. The van der Waals surface area contributed by atoms with Crippen molar-refractivity contribution < 1.29 is 42.3 Å². The van der Waals surface area contributed by atoms with Crippen molar-refractivity contribution in [3.63, 3.8) is 0 Å². The normalized spacial score (nSPS) is 20.4. The van der Waals surface area contributed by atoms with E-state index in [4.69, 9.17) is 27.5 Å². The molecule has 0 N–H and O–H groups in total. The molecule has 0 saturated heterocycles. The zero-order chi connectivity index (χ0) is 21.6. The third kappa shape index (κ3) is 3.23. The second-order valence-electron chi connectivity index (χ2n) is 7.41. The van der Waals surface area contributed by atoms with Crippen molar-refractivity contribution >= 4 is 0 Å². The van der Waals surface area contributed by atoms with Crippen molar-refractivity contribution in [1.29, 1.82) is 0 Å². The molecule has 0 radical (unpaired) electrons. The zero-order valence-corrected chi connectivity index (χ0v) is 16.7. The fraction of sp³-hybridized carbons (Fsp3) is 0.190. The number of fused-ring (bicyclic) bond motifs is 1. The Morgan fingerprint density at radius 3 is 2.03 bits per heavy atom. The van der Waals surface area contributed by atoms with Crippen LogP contribution in [0.15, 0.2) is 82.8 Å². The van der Waals surface area contributed by atoms with Gasteiger partial charge in [-0.1, -0.05) is 30.3 Å². The molecule has 0 unspecified atom stereocenters. The summed E-state index contributed by atoms with van der Waals surface area (Å²) >= 11 is 0. The summed E-state index contributed by atoms with van der Waals surface area (Å²) in [4.78, 5) is 9.15. The molecule has 0 spiro atoms. The maximum atomic E-state index is 8.49. The van der Waals surface area contributed by atoms with E-state index in [0.717, 1.165) is 17.8 Å². The van der Waals surface area contributed by atoms with E-state index in [0.29, 0.717) is 0 Å². The van der Waals surface area contributed by atoms with Crippen molar-refractivity contribution in [3.8, 4) is 0 Å². The maximum absolute atomic E-state index is 8.49. The van der Waals surface area contributed by atoms with Crippen LogP contribution in [-0.4, -0.2) is 9.97 Å². The van der Waals surface area contributed by atoms with Crippen LogP contribution in [0.4, 0.5) is 0 Å². The van der Waals surface area contributed by atoms with Crippen molar-refractivity contribution in [2.45, 2.75) is 23.8 Å². The molecule has 0 amide bonds. The molecule has 158 valence electrons. The molecular formula is C21H16ClN3O6. The Hall–Kier alpha value is -3.08. The molecule has 0 saturated carbocycles. The first-order valence-electron chi connectivity index (χ1n) is 9.37. The number of hydrogen-bond acceptors (Lipinski definition) is 8. The number of aromatic nitrogens is 3. The highest BCUT2D eigenvalue weighted by molar-refractivity contribution is 5.51. The lowest BCUT2D eigenvalue weighted by Crippen LogP contribution is -2.68. The van der Waals surface area contributed by atoms with Crippen LogP contribution in [0.3, 0.4) is 0 Å². The molecule has 5 heterocycles. The molecule has 7 rings (SSSR count). The van der Waals surface area contributed by atoms with E-state index in [9.17, 15) is 0 Å². The van der Waals surface area contributed by atoms with E-state index in [1.807, 2.05) is 0 Å². The van der Waals surface area contributed by atoms with Crippen molar-refractivity contribution in [1.82, 2.24) is 9.97 Å². The minimum atomic E-state index is -4.94. The van der Waals surface area contributed by atoms with Crippen LogP contribution >= 0.6 is 0 Å². The quantitative estimate of drug-likeness (QED) is 0.345. The van der Waals surface area contributed by atoms with Crippen LogP contribution in [0.25, 0.3) is 0 Å². The average Bonchev–Trinajstić information content (AvgIpc) is 3.47. The van der Waals surface area contributed by atoms with E-state index in [1.165, 1.54) is 29.6 Å². The highest BCUT2D eigenvalue weighted by Crippen LogP contribution is 2.58. The van der Waals surface area contributed by atoms with Crippen molar-refractivity contribution in [2.75, 3.05) is 0 Å². The molecule has 10 heteroatoms. The molecule has 1 aromatic carbocycles. The van der Waals surface area contributed by atoms with Crippen LogP contribution in [0, 0.1) is 10.2 Å². The summed E-state index contributed by atoms with van der Waals surface area (Å²) in [6.45, 7) is 0. The average molecular weight is 442 g/mol. The Morgan fingerprint density at radius 1 is 0.871 bits per heavy atom. The van der Waals surface area contributed by atoms with Crippen LogP contribution in [0.5, 0.6) is 0 Å². The molecule has 3 aliphatic rings. The highest BCUT2D eigenvalue weighted by Gasteiger charge is 2.61. The fourth-order valence-electron chi connectivity index (χ4n) is 5.04. The van der Waals surface area contributed by atoms with E-state index < -0.39 is 15.7 Å². The van der Waals surface area contributed by atoms with Gasteiger partial charge in [-0.15, -0.1) is 10.2 Å². The third-order valence-corrected chi connectivity index (χ3v) is 6.01. The summed E-state index contributed by atoms with van der Waals surface area (Å²) < 4.78 is 47.2. The molecular weight excluding hydrogens is 426 g/mol. The largest absolute Gasteiger partial charge is 0.451 e. The van der Waals surface area contributed by atoms with Crippen LogP contribution in [-0.2, 0) is 5.41 Å². The van der Waals surface area contributed by atoms with Gasteiger partial charge in [-0.25, -0.2) is 28.6 Å². The summed E-state index contributed by atoms with van der Waals surface area (Å²) in [5.41, 5.74) is 5.40. The lowest BCUT2D eigenvalue weighted by atomic mass is 9.56. The predicted molar refractivity (Wildman–Crippen MR) is 91.5 cm³/mol. The molecule has 31 heavy (non-hydrogen) atoms. The molecule has 1 aliphatic carbocycles. The summed E-state index contributed by atoms with van der Waals surface area (Å²) in [7, 11) is -4.94. The number of oxazole rings is 2. The summed E-state index contributed by atoms with van der Waals surface area (Å²) in [5, 5.41) is 0. The van der Waals surface area contributed by atoms with Crippen molar-refractivity contribution in [3.05, 3.63) is 102 Å². The Morgan fingerprint density at radius 2 is 1.45 bits per heavy atom. The first kappa shape index (κ1) is 19.9. The van der Waals surface area contributed by atoms with Crippen molar-refractivity contribution in [2.24, 2.45) is 0 Å². The second kappa shape index (κ2) is 7.26. The van der Waals surface area contributed by atoms with Gasteiger partial charge >= 0.3 is 0 Å². The van der Waals surface area contributed by atoms with Gasteiger partial charge in [0.15, 0.2) is 30.7 Å². The molecule has 0 fully saturated rings. The highest BCUT2D eigenvalue weighted by atomic mass is 35.7. The van der Waals surface area contributed by atoms with Gasteiger partial charge < -0.3 is 8.83 Å². The number of benzene rings is 1. The summed E-state index contributed by atoms with van der Waals surface area (Å²) in [6, 6.07) is 15.3. The first-order chi connectivity index (χ1) is 14.9. The van der Waals surface area contributed by atoms with Gasteiger partial charge in [0.25, 0.3) is 0 Å².